The molecule has 18 heavy (non-hydrogen) atoms. The van der Waals surface area contributed by atoms with Gasteiger partial charge >= 0.3 is 0 Å². The van der Waals surface area contributed by atoms with E-state index in [1.807, 2.05) is 31.2 Å². The average Bonchev–Trinajstić information content (AvgIpc) is 2.68. The second-order valence-electron chi connectivity index (χ2n) is 4.22. The molecule has 2 rings (SSSR count). The van der Waals surface area contributed by atoms with E-state index in [0.29, 0.717) is 13.2 Å². The molecule has 1 aromatic rings. The van der Waals surface area contributed by atoms with Crippen LogP contribution in [-0.2, 0) is 4.79 Å². The minimum absolute atomic E-state index is 0.0760. The number of halogens is 1. The number of ether oxygens (including phenoxy) is 1. The van der Waals surface area contributed by atoms with Crippen LogP contribution in [-0.4, -0.2) is 36.1 Å². The third-order valence-corrected chi connectivity index (χ3v) is 3.57. The fraction of sp³-hybridized carbons (Fsp3) is 0.462. The summed E-state index contributed by atoms with van der Waals surface area (Å²) in [6, 6.07) is 7.29. The second-order valence-corrected chi connectivity index (χ2v) is 4.69. The molecule has 5 heteroatoms. The number of carbonyl (C=O) groups excluding carboxylic acids is 1. The standard InChI is InChI=1S/C13H16ClNO3/c1-2-18-11-5-3-10(4-6-11)15-7-9(8-16)12(14)13(15)17/h3-6,9,12,16H,2,7-8H2,1H3/t9-,12-/m0/s1. The Balaban J connectivity index is 2.14. The minimum Gasteiger partial charge on any atom is -0.494 e. The van der Waals surface area contributed by atoms with E-state index in [2.05, 4.69) is 0 Å². The zero-order valence-electron chi connectivity index (χ0n) is 10.2. The summed E-state index contributed by atoms with van der Waals surface area (Å²) in [5.41, 5.74) is 0.782. The maximum absolute atomic E-state index is 11.9. The Morgan fingerprint density at radius 3 is 2.61 bits per heavy atom. The van der Waals surface area contributed by atoms with Crippen LogP contribution in [0.4, 0.5) is 5.69 Å². The third-order valence-electron chi connectivity index (χ3n) is 3.03. The van der Waals surface area contributed by atoms with E-state index in [9.17, 15) is 4.79 Å². The quantitative estimate of drug-likeness (QED) is 0.846. The maximum atomic E-state index is 11.9. The molecule has 98 valence electrons. The first kappa shape index (κ1) is 13.2. The van der Waals surface area contributed by atoms with Crippen molar-refractivity contribution >= 4 is 23.2 Å². The SMILES string of the molecule is CCOc1ccc(N2C[C@@H](CO)[C@H](Cl)C2=O)cc1. The lowest BCUT2D eigenvalue weighted by atomic mass is 10.1. The number of nitrogens with zero attached hydrogens (tertiary/aromatic N) is 1. The van der Waals surface area contributed by atoms with E-state index in [1.54, 1.807) is 4.90 Å². The van der Waals surface area contributed by atoms with Crippen molar-refractivity contribution in [3.8, 4) is 5.75 Å². The van der Waals surface area contributed by atoms with Gasteiger partial charge in [-0.05, 0) is 31.2 Å². The number of amides is 1. The van der Waals surface area contributed by atoms with Crippen LogP contribution in [0.15, 0.2) is 24.3 Å². The van der Waals surface area contributed by atoms with Crippen LogP contribution in [0.5, 0.6) is 5.75 Å². The lowest BCUT2D eigenvalue weighted by molar-refractivity contribution is -0.117. The number of rotatable bonds is 4. The van der Waals surface area contributed by atoms with Gasteiger partial charge in [-0.15, -0.1) is 11.6 Å². The summed E-state index contributed by atoms with van der Waals surface area (Å²) >= 11 is 5.98. The summed E-state index contributed by atoms with van der Waals surface area (Å²) in [5.74, 6) is 0.416. The van der Waals surface area contributed by atoms with Crippen LogP contribution in [0.3, 0.4) is 0 Å². The molecular weight excluding hydrogens is 254 g/mol. The van der Waals surface area contributed by atoms with Crippen LogP contribution >= 0.6 is 11.6 Å². The zero-order chi connectivity index (χ0) is 13.1. The number of aliphatic hydroxyl groups excluding tert-OH is 1. The first-order valence-electron chi connectivity index (χ1n) is 5.96. The fourth-order valence-electron chi connectivity index (χ4n) is 2.04. The third kappa shape index (κ3) is 2.44. The highest BCUT2D eigenvalue weighted by Gasteiger charge is 2.39. The Morgan fingerprint density at radius 1 is 1.44 bits per heavy atom. The largest absolute Gasteiger partial charge is 0.494 e. The number of benzene rings is 1. The topological polar surface area (TPSA) is 49.8 Å². The van der Waals surface area contributed by atoms with E-state index < -0.39 is 5.38 Å². The van der Waals surface area contributed by atoms with Crippen LogP contribution in [0.2, 0.25) is 0 Å². The first-order chi connectivity index (χ1) is 8.67. The summed E-state index contributed by atoms with van der Waals surface area (Å²) < 4.78 is 5.34. The summed E-state index contributed by atoms with van der Waals surface area (Å²) in [4.78, 5) is 13.5. The van der Waals surface area contributed by atoms with E-state index >= 15 is 0 Å². The van der Waals surface area contributed by atoms with E-state index in [4.69, 9.17) is 21.4 Å². The van der Waals surface area contributed by atoms with Gasteiger partial charge in [0, 0.05) is 24.8 Å². The molecule has 1 fully saturated rings. The van der Waals surface area contributed by atoms with Crippen molar-refractivity contribution < 1.29 is 14.6 Å². The molecule has 0 saturated carbocycles. The van der Waals surface area contributed by atoms with Crippen LogP contribution < -0.4 is 9.64 Å². The maximum Gasteiger partial charge on any atom is 0.245 e. The van der Waals surface area contributed by atoms with Gasteiger partial charge in [-0.1, -0.05) is 0 Å². The van der Waals surface area contributed by atoms with E-state index in [1.165, 1.54) is 0 Å². The van der Waals surface area contributed by atoms with Gasteiger partial charge in [-0.2, -0.15) is 0 Å². The number of alkyl halides is 1. The molecule has 0 spiro atoms. The van der Waals surface area contributed by atoms with Crippen molar-refractivity contribution in [2.45, 2.75) is 12.3 Å². The molecule has 1 aromatic carbocycles. The zero-order valence-corrected chi connectivity index (χ0v) is 10.9. The van der Waals surface area contributed by atoms with Gasteiger partial charge in [0.25, 0.3) is 0 Å². The van der Waals surface area contributed by atoms with Crippen LogP contribution in [0, 0.1) is 5.92 Å². The van der Waals surface area contributed by atoms with Gasteiger partial charge in [0.2, 0.25) is 5.91 Å². The van der Waals surface area contributed by atoms with Crippen molar-refractivity contribution in [1.82, 2.24) is 0 Å². The Labute approximate surface area is 111 Å². The molecule has 0 aliphatic carbocycles. The summed E-state index contributed by atoms with van der Waals surface area (Å²) in [6.45, 7) is 2.91. The van der Waals surface area contributed by atoms with E-state index in [0.717, 1.165) is 11.4 Å². The Morgan fingerprint density at radius 2 is 2.11 bits per heavy atom. The number of aliphatic hydroxyl groups is 1. The molecule has 0 aromatic heterocycles. The number of hydrogen-bond acceptors (Lipinski definition) is 3. The van der Waals surface area contributed by atoms with Crippen molar-refractivity contribution in [2.75, 3.05) is 24.7 Å². The Bertz CT molecular complexity index is 421. The molecule has 1 saturated heterocycles. The van der Waals surface area contributed by atoms with Crippen molar-refractivity contribution in [2.24, 2.45) is 5.92 Å². The van der Waals surface area contributed by atoms with Crippen molar-refractivity contribution in [1.29, 1.82) is 0 Å². The normalized spacial score (nSPS) is 23.5. The molecule has 0 radical (unpaired) electrons. The smallest absolute Gasteiger partial charge is 0.245 e. The highest BCUT2D eigenvalue weighted by molar-refractivity contribution is 6.34. The Kier molecular flexibility index (Phi) is 4.09. The molecule has 1 amide bonds. The lowest BCUT2D eigenvalue weighted by Crippen LogP contribution is -2.27. The van der Waals surface area contributed by atoms with Gasteiger partial charge in [0.1, 0.15) is 11.1 Å². The molecule has 1 N–H and O–H groups in total. The van der Waals surface area contributed by atoms with Crippen LogP contribution in [0.25, 0.3) is 0 Å². The van der Waals surface area contributed by atoms with Gasteiger partial charge in [0.05, 0.1) is 6.61 Å². The first-order valence-corrected chi connectivity index (χ1v) is 6.40. The van der Waals surface area contributed by atoms with Gasteiger partial charge in [0.15, 0.2) is 0 Å². The van der Waals surface area contributed by atoms with Crippen LogP contribution in [0.1, 0.15) is 6.92 Å². The van der Waals surface area contributed by atoms with Gasteiger partial charge in [-0.3, -0.25) is 4.79 Å². The monoisotopic (exact) mass is 269 g/mol. The predicted molar refractivity (Wildman–Crippen MR) is 70.2 cm³/mol. The molecule has 4 nitrogen and oxygen atoms in total. The number of anilines is 1. The molecule has 1 aliphatic rings. The molecule has 0 bridgehead atoms. The summed E-state index contributed by atoms with van der Waals surface area (Å²) in [7, 11) is 0. The minimum atomic E-state index is -0.637. The number of hydrogen-bond donors (Lipinski definition) is 1. The molecule has 2 atom stereocenters. The second kappa shape index (κ2) is 5.59. The molecule has 0 unspecified atom stereocenters. The van der Waals surface area contributed by atoms with E-state index in [-0.39, 0.29) is 18.4 Å². The summed E-state index contributed by atoms with van der Waals surface area (Å²) in [5, 5.41) is 8.51. The molecule has 1 aliphatic heterocycles. The van der Waals surface area contributed by atoms with Gasteiger partial charge < -0.3 is 14.7 Å². The highest BCUT2D eigenvalue weighted by atomic mass is 35.5. The molecule has 1 heterocycles. The van der Waals surface area contributed by atoms with Crippen molar-refractivity contribution in [3.63, 3.8) is 0 Å². The van der Waals surface area contributed by atoms with Gasteiger partial charge in [-0.25, -0.2) is 0 Å². The van der Waals surface area contributed by atoms with Crippen molar-refractivity contribution in [3.05, 3.63) is 24.3 Å². The lowest BCUT2D eigenvalue weighted by Gasteiger charge is -2.16. The Hall–Kier alpha value is -1.26. The summed E-state index contributed by atoms with van der Waals surface area (Å²) in [6.07, 6.45) is 0. The highest BCUT2D eigenvalue weighted by Crippen LogP contribution is 2.29. The average molecular weight is 270 g/mol. The predicted octanol–water partition coefficient (Wildman–Crippen LogP) is 1.65. The number of carbonyl (C=O) groups is 1. The fourth-order valence-corrected chi connectivity index (χ4v) is 2.32. The molecular formula is C13H16ClNO3.